The second-order valence-electron chi connectivity index (χ2n) is 8.21. The van der Waals surface area contributed by atoms with Crippen LogP contribution in [0.5, 0.6) is 0 Å². The standard InChI is InChI=1S/C26H21BN3.Ir/c1-17-9-8-10-18(2)24(17)27-25-22(15-16-29(27)3)28-26-21-13-5-4-11-19(21)20-12-6-7-14-23(20)30(25)26;/h4-12,14-16H,1-3H3;/q-1;. The van der Waals surface area contributed by atoms with Gasteiger partial charge in [0.25, 0.3) is 0 Å². The third kappa shape index (κ3) is 2.81. The van der Waals surface area contributed by atoms with Crippen LogP contribution in [0.1, 0.15) is 16.8 Å². The van der Waals surface area contributed by atoms with Gasteiger partial charge in [-0.2, -0.15) is 0 Å². The van der Waals surface area contributed by atoms with Gasteiger partial charge in [0, 0.05) is 31.2 Å². The zero-order valence-corrected chi connectivity index (χ0v) is 20.1. The summed E-state index contributed by atoms with van der Waals surface area (Å²) in [5.74, 6) is 0. The van der Waals surface area contributed by atoms with Gasteiger partial charge in [-0.15, -0.1) is 29.7 Å². The summed E-state index contributed by atoms with van der Waals surface area (Å²) in [7, 11) is 2.16. The molecule has 0 aliphatic carbocycles. The molecule has 5 aromatic rings. The maximum atomic E-state index is 5.12. The van der Waals surface area contributed by atoms with Crippen LogP contribution < -0.4 is 11.1 Å². The Hall–Kier alpha value is -2.88. The molecule has 0 unspecified atom stereocenters. The van der Waals surface area contributed by atoms with Gasteiger partial charge in [-0.3, -0.25) is 4.98 Å². The summed E-state index contributed by atoms with van der Waals surface area (Å²) in [5.41, 5.74) is 8.39. The predicted molar refractivity (Wildman–Crippen MR) is 127 cm³/mol. The molecule has 3 aromatic carbocycles. The van der Waals surface area contributed by atoms with Crippen molar-refractivity contribution in [1.29, 1.82) is 0 Å². The Bertz CT molecular complexity index is 1480. The van der Waals surface area contributed by atoms with E-state index in [1.165, 1.54) is 38.5 Å². The van der Waals surface area contributed by atoms with E-state index >= 15 is 0 Å². The van der Waals surface area contributed by atoms with Crippen molar-refractivity contribution in [2.75, 3.05) is 7.05 Å². The molecule has 0 saturated heterocycles. The van der Waals surface area contributed by atoms with Crippen LogP contribution in [0.4, 0.5) is 0 Å². The van der Waals surface area contributed by atoms with E-state index in [9.17, 15) is 0 Å². The summed E-state index contributed by atoms with van der Waals surface area (Å²) >= 11 is 0. The molecule has 0 saturated carbocycles. The van der Waals surface area contributed by atoms with Crippen molar-refractivity contribution in [3.8, 4) is 0 Å². The maximum absolute atomic E-state index is 5.12. The van der Waals surface area contributed by atoms with Crippen molar-refractivity contribution >= 4 is 51.3 Å². The monoisotopic (exact) mass is 579 g/mol. The van der Waals surface area contributed by atoms with E-state index in [2.05, 4.69) is 103 Å². The molecule has 1 radical (unpaired) electrons. The number of aryl methyl sites for hydroxylation is 2. The number of fused-ring (bicyclic) bond motifs is 8. The first-order valence-corrected chi connectivity index (χ1v) is 10.3. The van der Waals surface area contributed by atoms with Crippen LogP contribution in [0.25, 0.3) is 33.4 Å². The number of aromatic nitrogens is 2. The fraction of sp³-hybridized carbons (Fsp3) is 0.115. The summed E-state index contributed by atoms with van der Waals surface area (Å²) in [6.45, 7) is 4.52. The van der Waals surface area contributed by atoms with Gasteiger partial charge < -0.3 is 9.21 Å². The number of pyridine rings is 1. The normalized spacial score (nSPS) is 13.1. The summed E-state index contributed by atoms with van der Waals surface area (Å²) in [6, 6.07) is 24.9. The van der Waals surface area contributed by atoms with E-state index in [0.29, 0.717) is 0 Å². The molecule has 31 heavy (non-hydrogen) atoms. The first-order valence-electron chi connectivity index (χ1n) is 10.3. The van der Waals surface area contributed by atoms with Crippen LogP contribution in [0.3, 0.4) is 0 Å². The number of hydrogen-bond acceptors (Lipinski definition) is 2. The molecule has 3 heterocycles. The molecule has 0 bridgehead atoms. The molecular weight excluding hydrogens is 557 g/mol. The Morgan fingerprint density at radius 3 is 2.45 bits per heavy atom. The zero-order chi connectivity index (χ0) is 20.4. The first-order chi connectivity index (χ1) is 14.6. The minimum atomic E-state index is 0. The first kappa shape index (κ1) is 20.1. The largest absolute Gasteiger partial charge is 0.414 e. The van der Waals surface area contributed by atoms with Crippen LogP contribution in [-0.2, 0) is 20.1 Å². The average Bonchev–Trinajstić information content (AvgIpc) is 3.15. The van der Waals surface area contributed by atoms with Crippen LogP contribution in [0.2, 0.25) is 0 Å². The molecule has 0 fully saturated rings. The van der Waals surface area contributed by atoms with Gasteiger partial charge >= 0.3 is 6.85 Å². The molecule has 1 aliphatic heterocycles. The van der Waals surface area contributed by atoms with Crippen LogP contribution in [-0.4, -0.2) is 28.1 Å². The topological polar surface area (TPSA) is 20.5 Å². The maximum Gasteiger partial charge on any atom is 0.342 e. The van der Waals surface area contributed by atoms with Gasteiger partial charge in [-0.25, -0.2) is 0 Å². The molecule has 0 N–H and O–H groups in total. The summed E-state index contributed by atoms with van der Waals surface area (Å²) in [4.78, 5) is 7.42. The van der Waals surface area contributed by atoms with Crippen LogP contribution in [0.15, 0.2) is 66.9 Å². The number of benzene rings is 3. The molecule has 2 aromatic heterocycles. The Balaban J connectivity index is 0.00000204. The van der Waals surface area contributed by atoms with E-state index in [1.807, 2.05) is 6.07 Å². The van der Waals surface area contributed by atoms with Gasteiger partial charge in [0.2, 0.25) is 0 Å². The summed E-state index contributed by atoms with van der Waals surface area (Å²) in [5, 5.41) is 3.50. The molecule has 3 nitrogen and oxygen atoms in total. The van der Waals surface area contributed by atoms with Crippen molar-refractivity contribution in [3.05, 3.63) is 89.8 Å². The van der Waals surface area contributed by atoms with Crippen molar-refractivity contribution in [2.24, 2.45) is 0 Å². The minimum absolute atomic E-state index is 0. The van der Waals surface area contributed by atoms with Crippen molar-refractivity contribution in [2.45, 2.75) is 13.8 Å². The zero-order valence-electron chi connectivity index (χ0n) is 17.7. The van der Waals surface area contributed by atoms with Gasteiger partial charge in [0.15, 0.2) is 0 Å². The van der Waals surface area contributed by atoms with E-state index in [1.54, 1.807) is 0 Å². The SMILES string of the molecule is Cc1cccc(C)c1B1c2c(nc3c4[c-]cccc4c4ccccc4n23)C=CN1C.[Ir]. The Labute approximate surface area is 195 Å². The average molecular weight is 579 g/mol. The van der Waals surface area contributed by atoms with Gasteiger partial charge in [0.05, 0.1) is 11.3 Å². The second kappa shape index (κ2) is 7.37. The Morgan fingerprint density at radius 1 is 0.903 bits per heavy atom. The van der Waals surface area contributed by atoms with Crippen LogP contribution in [0, 0.1) is 19.9 Å². The number of nitrogens with zero attached hydrogens (tertiary/aromatic N) is 3. The smallest absolute Gasteiger partial charge is 0.342 e. The summed E-state index contributed by atoms with van der Waals surface area (Å²) < 4.78 is 2.36. The van der Waals surface area contributed by atoms with E-state index in [0.717, 1.165) is 16.7 Å². The molecule has 1 aliphatic rings. The third-order valence-corrected chi connectivity index (χ3v) is 6.41. The van der Waals surface area contributed by atoms with E-state index in [-0.39, 0.29) is 27.0 Å². The number of para-hydroxylation sites is 1. The molecular formula is C26H21BIrN3-. The minimum Gasteiger partial charge on any atom is -0.414 e. The van der Waals surface area contributed by atoms with Crippen molar-refractivity contribution in [3.63, 3.8) is 0 Å². The number of imidazole rings is 1. The van der Waals surface area contributed by atoms with Gasteiger partial charge in [-0.1, -0.05) is 52.9 Å². The van der Waals surface area contributed by atoms with Crippen LogP contribution >= 0.6 is 0 Å². The Kier molecular flexibility index (Phi) is 4.77. The molecule has 153 valence electrons. The third-order valence-electron chi connectivity index (χ3n) is 6.41. The quantitative estimate of drug-likeness (QED) is 0.170. The Morgan fingerprint density at radius 2 is 1.65 bits per heavy atom. The van der Waals surface area contributed by atoms with E-state index < -0.39 is 0 Å². The second-order valence-corrected chi connectivity index (χ2v) is 8.21. The number of hydrogen-bond donors (Lipinski definition) is 0. The van der Waals surface area contributed by atoms with Gasteiger partial charge in [0.1, 0.15) is 0 Å². The predicted octanol–water partition coefficient (Wildman–Crippen LogP) is 4.08. The van der Waals surface area contributed by atoms with Gasteiger partial charge in [-0.05, 0) is 50.1 Å². The number of rotatable bonds is 1. The van der Waals surface area contributed by atoms with Crippen molar-refractivity contribution < 1.29 is 20.1 Å². The summed E-state index contributed by atoms with van der Waals surface area (Å²) in [6.07, 6.45) is 4.29. The fourth-order valence-corrected chi connectivity index (χ4v) is 5.06. The molecule has 0 atom stereocenters. The fourth-order valence-electron chi connectivity index (χ4n) is 5.06. The molecule has 5 heteroatoms. The molecule has 0 spiro atoms. The van der Waals surface area contributed by atoms with E-state index in [4.69, 9.17) is 4.98 Å². The molecule has 6 rings (SSSR count). The van der Waals surface area contributed by atoms with Crippen molar-refractivity contribution in [1.82, 2.24) is 14.2 Å². The molecule has 0 amide bonds.